The van der Waals surface area contributed by atoms with Crippen molar-refractivity contribution >= 4 is 5.91 Å². The fourth-order valence-electron chi connectivity index (χ4n) is 1.40. The Morgan fingerprint density at radius 3 is 2.20 bits per heavy atom. The Balaban J connectivity index is 3.10. The highest BCUT2D eigenvalue weighted by Crippen LogP contribution is 2.35. The van der Waals surface area contributed by atoms with Crippen LogP contribution in [-0.2, 0) is 4.79 Å². The Bertz CT molecular complexity index is 277. The second kappa shape index (κ2) is 3.32. The van der Waals surface area contributed by atoms with Gasteiger partial charge in [0.05, 0.1) is 0 Å². The number of aliphatic hydroxyl groups is 2. The van der Waals surface area contributed by atoms with Crippen molar-refractivity contribution < 1.29 is 28.2 Å². The second-order valence-electron chi connectivity index (χ2n) is 3.61. The van der Waals surface area contributed by atoms with Crippen LogP contribution in [0.15, 0.2) is 0 Å². The molecule has 15 heavy (non-hydrogen) atoms. The minimum Gasteiger partial charge on any atom is -0.357 e. The second-order valence-corrected chi connectivity index (χ2v) is 3.61. The van der Waals surface area contributed by atoms with E-state index in [1.807, 2.05) is 0 Å². The van der Waals surface area contributed by atoms with Crippen molar-refractivity contribution in [1.82, 2.24) is 10.4 Å². The van der Waals surface area contributed by atoms with Gasteiger partial charge in [-0.05, 0) is 13.8 Å². The standard InChI is InChI=1S/C7H11F3N2O3/c1-3(2)12-4(7(8,9)10)6(14,15)5(13)11-12/h3-4,14-15H,1-2H3,(H,11,13). The molecule has 1 unspecified atom stereocenters. The van der Waals surface area contributed by atoms with Gasteiger partial charge in [-0.2, -0.15) is 13.2 Å². The highest BCUT2D eigenvalue weighted by molar-refractivity contribution is 5.85. The van der Waals surface area contributed by atoms with Gasteiger partial charge in [0.25, 0.3) is 11.7 Å². The maximum absolute atomic E-state index is 12.5. The van der Waals surface area contributed by atoms with E-state index in [1.165, 1.54) is 13.8 Å². The van der Waals surface area contributed by atoms with Gasteiger partial charge in [0.15, 0.2) is 6.04 Å². The molecular formula is C7H11F3N2O3. The lowest BCUT2D eigenvalue weighted by atomic mass is 10.1. The molecule has 1 atom stereocenters. The molecule has 1 aliphatic heterocycles. The molecule has 0 aromatic rings. The molecule has 0 radical (unpaired) electrons. The minimum absolute atomic E-state index is 0.475. The van der Waals surface area contributed by atoms with Crippen LogP contribution in [0.25, 0.3) is 0 Å². The van der Waals surface area contributed by atoms with Gasteiger partial charge < -0.3 is 10.2 Å². The van der Waals surface area contributed by atoms with E-state index in [4.69, 9.17) is 10.2 Å². The summed E-state index contributed by atoms with van der Waals surface area (Å²) in [5.74, 6) is -4.92. The van der Waals surface area contributed by atoms with E-state index in [0.717, 1.165) is 0 Å². The van der Waals surface area contributed by atoms with Crippen LogP contribution in [0.2, 0.25) is 0 Å². The van der Waals surface area contributed by atoms with Crippen LogP contribution in [-0.4, -0.2) is 45.2 Å². The van der Waals surface area contributed by atoms with Crippen molar-refractivity contribution in [2.24, 2.45) is 0 Å². The van der Waals surface area contributed by atoms with Crippen LogP contribution >= 0.6 is 0 Å². The lowest BCUT2D eigenvalue weighted by Crippen LogP contribution is -2.57. The number of rotatable bonds is 1. The molecule has 1 aliphatic rings. The van der Waals surface area contributed by atoms with Gasteiger partial charge >= 0.3 is 6.18 Å². The first-order valence-electron chi connectivity index (χ1n) is 4.19. The third kappa shape index (κ3) is 1.92. The van der Waals surface area contributed by atoms with E-state index in [2.05, 4.69) is 0 Å². The van der Waals surface area contributed by atoms with Gasteiger partial charge in [0, 0.05) is 6.04 Å². The summed E-state index contributed by atoms with van der Waals surface area (Å²) in [5.41, 5.74) is 1.77. The Morgan fingerprint density at radius 1 is 1.47 bits per heavy atom. The predicted octanol–water partition coefficient (Wildman–Crippen LogP) is -0.647. The van der Waals surface area contributed by atoms with Crippen molar-refractivity contribution in [2.75, 3.05) is 0 Å². The summed E-state index contributed by atoms with van der Waals surface area (Å²) in [6.07, 6.45) is -4.91. The summed E-state index contributed by atoms with van der Waals surface area (Å²) in [4.78, 5) is 10.9. The molecule has 88 valence electrons. The Labute approximate surface area is 83.4 Å². The molecule has 1 amide bonds. The number of nitrogens with one attached hydrogen (secondary N) is 1. The van der Waals surface area contributed by atoms with Crippen molar-refractivity contribution in [3.05, 3.63) is 0 Å². The third-order valence-electron chi connectivity index (χ3n) is 2.09. The smallest absolute Gasteiger partial charge is 0.357 e. The highest BCUT2D eigenvalue weighted by atomic mass is 19.4. The summed E-state index contributed by atoms with van der Waals surface area (Å²) in [6, 6.07) is -3.36. The first-order valence-corrected chi connectivity index (χ1v) is 4.19. The number of nitrogens with zero attached hydrogens (tertiary/aromatic N) is 1. The normalized spacial score (nSPS) is 27.2. The topological polar surface area (TPSA) is 72.8 Å². The molecule has 0 spiro atoms. The maximum atomic E-state index is 12.5. The molecule has 0 saturated carbocycles. The van der Waals surface area contributed by atoms with Crippen LogP contribution < -0.4 is 5.43 Å². The third-order valence-corrected chi connectivity index (χ3v) is 2.09. The first kappa shape index (κ1) is 12.2. The molecule has 1 fully saturated rings. The van der Waals surface area contributed by atoms with Crippen LogP contribution in [0.1, 0.15) is 13.8 Å². The molecule has 0 aliphatic carbocycles. The van der Waals surface area contributed by atoms with Crippen molar-refractivity contribution in [1.29, 1.82) is 0 Å². The number of halogens is 3. The lowest BCUT2D eigenvalue weighted by Gasteiger charge is -2.31. The van der Waals surface area contributed by atoms with E-state index in [-0.39, 0.29) is 0 Å². The highest BCUT2D eigenvalue weighted by Gasteiger charge is 2.65. The van der Waals surface area contributed by atoms with Gasteiger partial charge in [-0.1, -0.05) is 0 Å². The monoisotopic (exact) mass is 228 g/mol. The Kier molecular flexibility index (Phi) is 2.71. The van der Waals surface area contributed by atoms with Gasteiger partial charge in [-0.3, -0.25) is 10.2 Å². The summed E-state index contributed by atoms with van der Waals surface area (Å²) in [6.45, 7) is 2.78. The average molecular weight is 228 g/mol. The Morgan fingerprint density at radius 2 is 1.93 bits per heavy atom. The SMILES string of the molecule is CC(C)N1NC(=O)C(O)(O)C1C(F)(F)F. The minimum atomic E-state index is -4.91. The summed E-state index contributed by atoms with van der Waals surface area (Å²) >= 11 is 0. The predicted molar refractivity (Wildman–Crippen MR) is 42.1 cm³/mol. The van der Waals surface area contributed by atoms with Crippen molar-refractivity contribution in [2.45, 2.75) is 37.9 Å². The summed E-state index contributed by atoms with van der Waals surface area (Å²) in [7, 11) is 0. The van der Waals surface area contributed by atoms with Crippen LogP contribution in [0.5, 0.6) is 0 Å². The number of alkyl halides is 3. The van der Waals surface area contributed by atoms with Crippen molar-refractivity contribution in [3.8, 4) is 0 Å². The molecule has 8 heteroatoms. The van der Waals surface area contributed by atoms with E-state index >= 15 is 0 Å². The molecule has 0 bridgehead atoms. The zero-order chi connectivity index (χ0) is 12.0. The zero-order valence-electron chi connectivity index (χ0n) is 8.04. The van der Waals surface area contributed by atoms with Crippen LogP contribution in [0.4, 0.5) is 13.2 Å². The van der Waals surface area contributed by atoms with Gasteiger partial charge in [0.1, 0.15) is 0 Å². The maximum Gasteiger partial charge on any atom is 0.411 e. The number of carbonyl (C=O) groups is 1. The number of hydrogen-bond acceptors (Lipinski definition) is 4. The van der Waals surface area contributed by atoms with E-state index in [9.17, 15) is 18.0 Å². The van der Waals surface area contributed by atoms with Gasteiger partial charge in [-0.15, -0.1) is 0 Å². The van der Waals surface area contributed by atoms with E-state index in [0.29, 0.717) is 5.01 Å². The average Bonchev–Trinajstić information content (AvgIpc) is 2.21. The number of hydrazine groups is 1. The fraction of sp³-hybridized carbons (Fsp3) is 0.857. The molecule has 5 nitrogen and oxygen atoms in total. The molecule has 1 heterocycles. The molecule has 1 saturated heterocycles. The first-order chi connectivity index (χ1) is 6.58. The van der Waals surface area contributed by atoms with E-state index < -0.39 is 30.0 Å². The molecule has 3 N–H and O–H groups in total. The van der Waals surface area contributed by atoms with Gasteiger partial charge in [-0.25, -0.2) is 5.01 Å². The fourth-order valence-corrected chi connectivity index (χ4v) is 1.40. The largest absolute Gasteiger partial charge is 0.411 e. The summed E-state index contributed by atoms with van der Waals surface area (Å²) < 4.78 is 37.5. The molecular weight excluding hydrogens is 217 g/mol. The molecule has 0 aromatic heterocycles. The number of hydrogen-bond donors (Lipinski definition) is 3. The van der Waals surface area contributed by atoms with Gasteiger partial charge in [0.2, 0.25) is 0 Å². The summed E-state index contributed by atoms with van der Waals surface area (Å²) in [5, 5.41) is 18.6. The number of amides is 1. The lowest BCUT2D eigenvalue weighted by molar-refractivity contribution is -0.268. The van der Waals surface area contributed by atoms with E-state index in [1.54, 1.807) is 5.43 Å². The Hall–Kier alpha value is -0.860. The quantitative estimate of drug-likeness (QED) is 0.522. The van der Waals surface area contributed by atoms with Crippen LogP contribution in [0, 0.1) is 0 Å². The molecule has 0 aromatic carbocycles. The zero-order valence-corrected chi connectivity index (χ0v) is 8.04. The van der Waals surface area contributed by atoms with Crippen LogP contribution in [0.3, 0.4) is 0 Å². The molecule has 1 rings (SSSR count). The number of carbonyl (C=O) groups excluding carboxylic acids is 1. The van der Waals surface area contributed by atoms with Crippen molar-refractivity contribution in [3.63, 3.8) is 0 Å².